The summed E-state index contributed by atoms with van der Waals surface area (Å²) in [7, 11) is 0. The Balaban J connectivity index is 2.04. The molecule has 98 valence electrons. The Labute approximate surface area is 114 Å². The summed E-state index contributed by atoms with van der Waals surface area (Å²) in [5.74, 6) is 0.764. The highest BCUT2D eigenvalue weighted by atomic mass is 35.5. The Morgan fingerprint density at radius 1 is 1.39 bits per heavy atom. The molecule has 0 radical (unpaired) electrons. The molecule has 1 aromatic rings. The van der Waals surface area contributed by atoms with E-state index in [0.29, 0.717) is 12.3 Å². The smallest absolute Gasteiger partial charge is 0.227 e. The van der Waals surface area contributed by atoms with E-state index < -0.39 is 0 Å². The molecule has 1 atom stereocenters. The maximum atomic E-state index is 12.2. The molecule has 0 aromatic heterocycles. The maximum absolute atomic E-state index is 12.2. The molecule has 3 heteroatoms. The number of benzene rings is 1. The number of aryl methyl sites for hydroxylation is 2. The summed E-state index contributed by atoms with van der Waals surface area (Å²) in [5.41, 5.74) is 3.62. The van der Waals surface area contributed by atoms with Crippen molar-refractivity contribution in [2.75, 3.05) is 12.4 Å². The minimum atomic E-state index is 0.210. The van der Waals surface area contributed by atoms with Crippen LogP contribution in [-0.4, -0.2) is 29.3 Å². The van der Waals surface area contributed by atoms with Crippen LogP contribution in [0.5, 0.6) is 0 Å². The summed E-state index contributed by atoms with van der Waals surface area (Å²) in [5, 5.41) is 0. The van der Waals surface area contributed by atoms with E-state index in [2.05, 4.69) is 26.0 Å². The van der Waals surface area contributed by atoms with Crippen molar-refractivity contribution in [1.29, 1.82) is 0 Å². The molecular weight excluding hydrogens is 246 g/mol. The Morgan fingerprint density at radius 2 is 2.17 bits per heavy atom. The normalized spacial score (nSPS) is 19.3. The topological polar surface area (TPSA) is 20.3 Å². The molecule has 0 saturated carbocycles. The van der Waals surface area contributed by atoms with E-state index in [1.54, 1.807) is 0 Å². The molecule has 0 bridgehead atoms. The van der Waals surface area contributed by atoms with E-state index in [4.69, 9.17) is 11.6 Å². The molecule has 1 amide bonds. The molecule has 0 N–H and O–H groups in total. The largest absolute Gasteiger partial charge is 0.338 e. The average Bonchev–Trinajstić information content (AvgIpc) is 2.82. The number of amides is 1. The molecule has 1 aliphatic rings. The summed E-state index contributed by atoms with van der Waals surface area (Å²) >= 11 is 5.90. The van der Waals surface area contributed by atoms with Crippen LogP contribution in [0.1, 0.15) is 29.5 Å². The lowest BCUT2D eigenvalue weighted by atomic mass is 10.0. The van der Waals surface area contributed by atoms with E-state index in [-0.39, 0.29) is 11.9 Å². The highest BCUT2D eigenvalue weighted by Gasteiger charge is 2.27. The van der Waals surface area contributed by atoms with Crippen LogP contribution in [0.2, 0.25) is 0 Å². The first-order chi connectivity index (χ1) is 8.61. The third-order valence-corrected chi connectivity index (χ3v) is 4.16. The van der Waals surface area contributed by atoms with Crippen LogP contribution < -0.4 is 0 Å². The molecule has 1 aliphatic heterocycles. The van der Waals surface area contributed by atoms with Gasteiger partial charge in [0, 0.05) is 18.5 Å². The predicted octanol–water partition coefficient (Wildman–Crippen LogP) is 3.08. The number of hydrogen-bond donors (Lipinski definition) is 0. The second kappa shape index (κ2) is 5.75. The number of nitrogens with zero attached hydrogens (tertiary/aromatic N) is 1. The van der Waals surface area contributed by atoms with Gasteiger partial charge in [0.2, 0.25) is 5.91 Å². The fourth-order valence-corrected chi connectivity index (χ4v) is 2.83. The van der Waals surface area contributed by atoms with Crippen molar-refractivity contribution in [3.8, 4) is 0 Å². The molecule has 1 fully saturated rings. The quantitative estimate of drug-likeness (QED) is 0.769. The van der Waals surface area contributed by atoms with Gasteiger partial charge < -0.3 is 4.90 Å². The number of rotatable bonds is 3. The lowest BCUT2D eigenvalue weighted by Crippen LogP contribution is -2.37. The van der Waals surface area contributed by atoms with Gasteiger partial charge in [-0.1, -0.05) is 18.2 Å². The lowest BCUT2D eigenvalue weighted by molar-refractivity contribution is -0.130. The Kier molecular flexibility index (Phi) is 4.28. The van der Waals surface area contributed by atoms with Crippen LogP contribution in [0.25, 0.3) is 0 Å². The van der Waals surface area contributed by atoms with E-state index in [9.17, 15) is 4.79 Å². The van der Waals surface area contributed by atoms with Crippen molar-refractivity contribution in [3.63, 3.8) is 0 Å². The Morgan fingerprint density at radius 3 is 2.83 bits per heavy atom. The minimum absolute atomic E-state index is 0.210. The number of carbonyl (C=O) groups excluding carboxylic acids is 1. The Bertz CT molecular complexity index is 444. The van der Waals surface area contributed by atoms with Crippen molar-refractivity contribution >= 4 is 17.5 Å². The van der Waals surface area contributed by atoms with Crippen LogP contribution in [-0.2, 0) is 11.2 Å². The Hall–Kier alpha value is -1.02. The highest BCUT2D eigenvalue weighted by molar-refractivity contribution is 6.18. The fourth-order valence-electron chi connectivity index (χ4n) is 2.51. The van der Waals surface area contributed by atoms with E-state index in [1.807, 2.05) is 11.0 Å². The monoisotopic (exact) mass is 265 g/mol. The molecule has 0 aliphatic carbocycles. The number of carbonyl (C=O) groups is 1. The second-order valence-corrected chi connectivity index (χ2v) is 5.44. The van der Waals surface area contributed by atoms with Gasteiger partial charge in [0.25, 0.3) is 0 Å². The molecule has 18 heavy (non-hydrogen) atoms. The molecule has 1 aromatic carbocycles. The lowest BCUT2D eigenvalue weighted by Gasteiger charge is -2.23. The summed E-state index contributed by atoms with van der Waals surface area (Å²) in [6, 6.07) is 6.48. The first-order valence-electron chi connectivity index (χ1n) is 6.53. The van der Waals surface area contributed by atoms with Crippen LogP contribution in [0, 0.1) is 13.8 Å². The van der Waals surface area contributed by atoms with Crippen molar-refractivity contribution in [1.82, 2.24) is 4.90 Å². The molecule has 1 saturated heterocycles. The van der Waals surface area contributed by atoms with Crippen molar-refractivity contribution in [2.45, 2.75) is 39.2 Å². The summed E-state index contributed by atoms with van der Waals surface area (Å²) < 4.78 is 0. The maximum Gasteiger partial charge on any atom is 0.227 e. The van der Waals surface area contributed by atoms with Crippen LogP contribution in [0.3, 0.4) is 0 Å². The SMILES string of the molecule is Cc1ccc(CC(=O)N2CCCC2CCl)cc1C. The molecule has 2 rings (SSSR count). The van der Waals surface area contributed by atoms with Gasteiger partial charge in [-0.25, -0.2) is 0 Å². The zero-order chi connectivity index (χ0) is 13.1. The zero-order valence-electron chi connectivity index (χ0n) is 11.1. The third-order valence-electron chi connectivity index (χ3n) is 3.80. The second-order valence-electron chi connectivity index (χ2n) is 5.13. The number of likely N-dealkylation sites (tertiary alicyclic amines) is 1. The van der Waals surface area contributed by atoms with Gasteiger partial charge in [-0.15, -0.1) is 11.6 Å². The van der Waals surface area contributed by atoms with Gasteiger partial charge in [-0.05, 0) is 43.4 Å². The summed E-state index contributed by atoms with van der Waals surface area (Å²) in [6.45, 7) is 5.03. The number of halogens is 1. The molecular formula is C15H20ClNO. The van der Waals surface area contributed by atoms with Gasteiger partial charge >= 0.3 is 0 Å². The highest BCUT2D eigenvalue weighted by Crippen LogP contribution is 2.20. The van der Waals surface area contributed by atoms with Gasteiger partial charge in [0.05, 0.1) is 6.42 Å². The minimum Gasteiger partial charge on any atom is -0.338 e. The van der Waals surface area contributed by atoms with Crippen LogP contribution in [0.4, 0.5) is 0 Å². The van der Waals surface area contributed by atoms with E-state index >= 15 is 0 Å². The zero-order valence-corrected chi connectivity index (χ0v) is 11.8. The molecule has 2 nitrogen and oxygen atoms in total. The molecule has 0 spiro atoms. The average molecular weight is 266 g/mol. The fraction of sp³-hybridized carbons (Fsp3) is 0.533. The number of alkyl halides is 1. The standard InChI is InChI=1S/C15H20ClNO/c1-11-5-6-13(8-12(11)2)9-15(18)17-7-3-4-14(17)10-16/h5-6,8,14H,3-4,7,9-10H2,1-2H3. The van der Waals surface area contributed by atoms with Gasteiger partial charge in [-0.2, -0.15) is 0 Å². The van der Waals surface area contributed by atoms with Gasteiger partial charge in [0.1, 0.15) is 0 Å². The summed E-state index contributed by atoms with van der Waals surface area (Å²) in [6.07, 6.45) is 2.62. The molecule has 1 unspecified atom stereocenters. The summed E-state index contributed by atoms with van der Waals surface area (Å²) in [4.78, 5) is 14.2. The van der Waals surface area contributed by atoms with Crippen molar-refractivity contribution in [3.05, 3.63) is 34.9 Å². The predicted molar refractivity (Wildman–Crippen MR) is 75.1 cm³/mol. The van der Waals surface area contributed by atoms with Crippen molar-refractivity contribution in [2.24, 2.45) is 0 Å². The molecule has 1 heterocycles. The number of hydrogen-bond acceptors (Lipinski definition) is 1. The van der Waals surface area contributed by atoms with Crippen LogP contribution >= 0.6 is 11.6 Å². The van der Waals surface area contributed by atoms with Crippen LogP contribution in [0.15, 0.2) is 18.2 Å². The van der Waals surface area contributed by atoms with Crippen molar-refractivity contribution < 1.29 is 4.79 Å². The van der Waals surface area contributed by atoms with E-state index in [0.717, 1.165) is 24.9 Å². The first-order valence-corrected chi connectivity index (χ1v) is 7.07. The van der Waals surface area contributed by atoms with Gasteiger partial charge in [0.15, 0.2) is 0 Å². The van der Waals surface area contributed by atoms with E-state index in [1.165, 1.54) is 11.1 Å². The first kappa shape index (κ1) is 13.4. The van der Waals surface area contributed by atoms with Gasteiger partial charge in [-0.3, -0.25) is 4.79 Å². The third kappa shape index (κ3) is 2.86.